The van der Waals surface area contributed by atoms with Gasteiger partial charge in [-0.15, -0.1) is 0 Å². The molecule has 4 amide bonds. The Kier molecular flexibility index (Phi) is 7.77. The molecule has 29 heavy (non-hydrogen) atoms. The number of fused-ring (bicyclic) bond motifs is 1. The van der Waals surface area contributed by atoms with Gasteiger partial charge in [-0.05, 0) is 32.2 Å². The van der Waals surface area contributed by atoms with Gasteiger partial charge in [-0.2, -0.15) is 11.8 Å². The van der Waals surface area contributed by atoms with Gasteiger partial charge in [-0.25, -0.2) is 4.79 Å². The first-order valence-corrected chi connectivity index (χ1v) is 10.4. The van der Waals surface area contributed by atoms with Gasteiger partial charge < -0.3 is 15.4 Å². The molecule has 0 spiro atoms. The van der Waals surface area contributed by atoms with Gasteiger partial charge in [0.15, 0.2) is 6.61 Å². The summed E-state index contributed by atoms with van der Waals surface area (Å²) in [6, 6.07) is 4.36. The van der Waals surface area contributed by atoms with E-state index in [0.29, 0.717) is 6.54 Å². The lowest BCUT2D eigenvalue weighted by molar-refractivity contribution is -0.152. The average molecular weight is 421 g/mol. The molecule has 2 N–H and O–H groups in total. The highest BCUT2D eigenvalue weighted by molar-refractivity contribution is 7.98. The highest BCUT2D eigenvalue weighted by Crippen LogP contribution is 2.26. The number of carbonyl (C=O) groups is 5. The normalized spacial score (nSPS) is 14.8. The van der Waals surface area contributed by atoms with E-state index in [4.69, 9.17) is 4.74 Å². The standard InChI is InChI=1S/C19H23N3O6S/c1-4-20-16(24)11(2)21-15(23)9-28-19(27)14(10-29-3)22-17(25)12-7-5-6-8-13(12)18(22)26/h5-8,11,14H,4,9-10H2,1-3H3,(H,20,24)(H,21,23)/t11-,14+/m1/s1. The zero-order chi connectivity index (χ0) is 21.6. The fraction of sp³-hybridized carbons (Fsp3) is 0.421. The summed E-state index contributed by atoms with van der Waals surface area (Å²) in [6.45, 7) is 3.04. The molecule has 1 aliphatic heterocycles. The van der Waals surface area contributed by atoms with Crippen molar-refractivity contribution in [3.63, 3.8) is 0 Å². The van der Waals surface area contributed by atoms with Crippen molar-refractivity contribution in [3.8, 4) is 0 Å². The van der Waals surface area contributed by atoms with Gasteiger partial charge in [0.2, 0.25) is 5.91 Å². The van der Waals surface area contributed by atoms with Crippen LogP contribution in [-0.2, 0) is 19.1 Å². The predicted molar refractivity (Wildman–Crippen MR) is 106 cm³/mol. The first-order valence-electron chi connectivity index (χ1n) is 9.01. The number of nitrogens with one attached hydrogen (secondary N) is 2. The summed E-state index contributed by atoms with van der Waals surface area (Å²) in [5, 5.41) is 4.97. The molecule has 0 aliphatic carbocycles. The topological polar surface area (TPSA) is 122 Å². The molecule has 1 aliphatic rings. The van der Waals surface area contributed by atoms with Crippen molar-refractivity contribution in [1.29, 1.82) is 0 Å². The number of carbonyl (C=O) groups excluding carboxylic acids is 5. The van der Waals surface area contributed by atoms with E-state index in [1.165, 1.54) is 30.8 Å². The van der Waals surface area contributed by atoms with E-state index >= 15 is 0 Å². The molecule has 9 nitrogen and oxygen atoms in total. The molecule has 0 unspecified atom stereocenters. The fourth-order valence-corrected chi connectivity index (χ4v) is 3.41. The first kappa shape index (κ1) is 22.4. The van der Waals surface area contributed by atoms with Gasteiger partial charge in [0.1, 0.15) is 12.1 Å². The van der Waals surface area contributed by atoms with Crippen LogP contribution in [0.4, 0.5) is 0 Å². The lowest BCUT2D eigenvalue weighted by atomic mass is 10.1. The smallest absolute Gasteiger partial charge is 0.330 e. The monoisotopic (exact) mass is 421 g/mol. The minimum Gasteiger partial charge on any atom is -0.454 e. The van der Waals surface area contributed by atoms with E-state index in [1.54, 1.807) is 25.3 Å². The summed E-state index contributed by atoms with van der Waals surface area (Å²) in [5.41, 5.74) is 0.454. The van der Waals surface area contributed by atoms with Crippen molar-refractivity contribution in [1.82, 2.24) is 15.5 Å². The van der Waals surface area contributed by atoms with Gasteiger partial charge in [0.05, 0.1) is 11.1 Å². The van der Waals surface area contributed by atoms with Crippen LogP contribution in [0.15, 0.2) is 24.3 Å². The van der Waals surface area contributed by atoms with Gasteiger partial charge in [-0.3, -0.25) is 24.1 Å². The Morgan fingerprint density at radius 3 is 2.24 bits per heavy atom. The largest absolute Gasteiger partial charge is 0.454 e. The van der Waals surface area contributed by atoms with E-state index in [1.807, 2.05) is 0 Å². The highest BCUT2D eigenvalue weighted by Gasteiger charge is 2.43. The molecular weight excluding hydrogens is 398 g/mol. The molecule has 10 heteroatoms. The number of ether oxygens (including phenoxy) is 1. The quantitative estimate of drug-likeness (QED) is 0.431. The van der Waals surface area contributed by atoms with Crippen LogP contribution in [0, 0.1) is 0 Å². The number of rotatable bonds is 9. The summed E-state index contributed by atoms with van der Waals surface area (Å²) >= 11 is 1.26. The molecule has 2 rings (SSSR count). The van der Waals surface area contributed by atoms with E-state index in [0.717, 1.165) is 4.90 Å². The summed E-state index contributed by atoms with van der Waals surface area (Å²) in [6.07, 6.45) is 1.72. The van der Waals surface area contributed by atoms with Crippen LogP contribution in [-0.4, -0.2) is 71.7 Å². The van der Waals surface area contributed by atoms with Crippen LogP contribution >= 0.6 is 11.8 Å². The van der Waals surface area contributed by atoms with Crippen molar-refractivity contribution in [3.05, 3.63) is 35.4 Å². The Morgan fingerprint density at radius 1 is 1.14 bits per heavy atom. The number of amides is 4. The minimum absolute atomic E-state index is 0.126. The Morgan fingerprint density at radius 2 is 1.72 bits per heavy atom. The summed E-state index contributed by atoms with van der Waals surface area (Å²) in [5.74, 6) is -2.91. The van der Waals surface area contributed by atoms with Crippen LogP contribution in [0.25, 0.3) is 0 Å². The molecule has 0 fully saturated rings. The molecule has 1 heterocycles. The van der Waals surface area contributed by atoms with Crippen LogP contribution in [0.2, 0.25) is 0 Å². The molecule has 1 aromatic rings. The number of esters is 1. The SMILES string of the molecule is CCNC(=O)[C@@H](C)NC(=O)COC(=O)[C@H](CSC)N1C(=O)c2ccccc2C1=O. The molecule has 1 aromatic carbocycles. The second kappa shape index (κ2) is 10.1. The Hall–Kier alpha value is -2.88. The van der Waals surface area contributed by atoms with Gasteiger partial charge in [-0.1, -0.05) is 12.1 Å². The van der Waals surface area contributed by atoms with Gasteiger partial charge >= 0.3 is 5.97 Å². The number of hydrogen-bond donors (Lipinski definition) is 2. The summed E-state index contributed by atoms with van der Waals surface area (Å²) in [4.78, 5) is 62.2. The molecule has 0 radical (unpaired) electrons. The molecule has 0 saturated carbocycles. The Bertz CT molecular complexity index is 793. The van der Waals surface area contributed by atoms with Crippen molar-refractivity contribution in [2.75, 3.05) is 25.2 Å². The zero-order valence-electron chi connectivity index (χ0n) is 16.4. The third kappa shape index (κ3) is 5.14. The zero-order valence-corrected chi connectivity index (χ0v) is 17.2. The van der Waals surface area contributed by atoms with E-state index in [2.05, 4.69) is 10.6 Å². The van der Waals surface area contributed by atoms with E-state index in [-0.39, 0.29) is 22.8 Å². The second-order valence-corrected chi connectivity index (χ2v) is 7.20. The van der Waals surface area contributed by atoms with Gasteiger partial charge in [0, 0.05) is 12.3 Å². The lowest BCUT2D eigenvalue weighted by Gasteiger charge is -2.24. The van der Waals surface area contributed by atoms with E-state index < -0.39 is 42.4 Å². The Balaban J connectivity index is 2.02. The number of nitrogens with zero attached hydrogens (tertiary/aromatic N) is 1. The van der Waals surface area contributed by atoms with E-state index in [9.17, 15) is 24.0 Å². The molecule has 0 saturated heterocycles. The van der Waals surface area contributed by atoms with Crippen molar-refractivity contribution in [2.24, 2.45) is 0 Å². The molecule has 156 valence electrons. The van der Waals surface area contributed by atoms with Crippen molar-refractivity contribution in [2.45, 2.75) is 25.9 Å². The number of imide groups is 1. The molecular formula is C19H23N3O6S. The molecule has 2 atom stereocenters. The minimum atomic E-state index is -1.16. The van der Waals surface area contributed by atoms with Crippen LogP contribution in [0.5, 0.6) is 0 Å². The van der Waals surface area contributed by atoms with Crippen LogP contribution in [0.1, 0.15) is 34.6 Å². The van der Waals surface area contributed by atoms with Crippen LogP contribution < -0.4 is 10.6 Å². The predicted octanol–water partition coefficient (Wildman–Crippen LogP) is 0.198. The average Bonchev–Trinajstić information content (AvgIpc) is 2.95. The maximum Gasteiger partial charge on any atom is 0.330 e. The third-order valence-electron chi connectivity index (χ3n) is 4.20. The third-order valence-corrected chi connectivity index (χ3v) is 4.85. The van der Waals surface area contributed by atoms with Crippen LogP contribution in [0.3, 0.4) is 0 Å². The second-order valence-electron chi connectivity index (χ2n) is 6.29. The van der Waals surface area contributed by atoms with Crippen molar-refractivity contribution < 1.29 is 28.7 Å². The number of benzene rings is 1. The number of hydrogen-bond acceptors (Lipinski definition) is 7. The van der Waals surface area contributed by atoms with Gasteiger partial charge in [0.25, 0.3) is 17.7 Å². The number of likely N-dealkylation sites (N-methyl/N-ethyl adjacent to an activating group) is 1. The van der Waals surface area contributed by atoms with Crippen molar-refractivity contribution >= 4 is 41.4 Å². The summed E-state index contributed by atoms with van der Waals surface area (Å²) < 4.78 is 5.02. The number of thioether (sulfide) groups is 1. The fourth-order valence-electron chi connectivity index (χ4n) is 2.81. The Labute approximate surface area is 172 Å². The molecule has 0 aromatic heterocycles. The highest BCUT2D eigenvalue weighted by atomic mass is 32.2. The molecule has 0 bridgehead atoms. The first-order chi connectivity index (χ1) is 13.8. The maximum absolute atomic E-state index is 12.6. The summed E-state index contributed by atoms with van der Waals surface area (Å²) in [7, 11) is 0. The lowest BCUT2D eigenvalue weighted by Crippen LogP contribution is -2.49. The maximum atomic E-state index is 12.6.